The SMILES string of the molecule is CCCC1=C(C(=O)OCC)[C@H](c2ccccc2OC)n2c(s/c(=C/c3cc(C)n(-c4sc(C)c(C)c4C#N)c3C)c2=O)=N1. The molecule has 0 N–H and O–H groups in total. The van der Waals surface area contributed by atoms with Gasteiger partial charge in [-0.1, -0.05) is 42.9 Å². The van der Waals surface area contributed by atoms with Crippen molar-refractivity contribution >= 4 is 34.7 Å². The highest BCUT2D eigenvalue weighted by atomic mass is 32.1. The number of nitriles is 1. The molecule has 0 unspecified atom stereocenters. The van der Waals surface area contributed by atoms with Crippen molar-refractivity contribution in [3.8, 4) is 16.8 Å². The van der Waals surface area contributed by atoms with Crippen molar-refractivity contribution in [3.63, 3.8) is 0 Å². The van der Waals surface area contributed by atoms with Crippen molar-refractivity contribution in [2.75, 3.05) is 13.7 Å². The summed E-state index contributed by atoms with van der Waals surface area (Å²) >= 11 is 2.89. The highest BCUT2D eigenvalue weighted by Gasteiger charge is 2.36. The molecule has 1 aromatic carbocycles. The molecule has 8 nitrogen and oxygen atoms in total. The Morgan fingerprint density at radius 3 is 2.58 bits per heavy atom. The predicted molar refractivity (Wildman–Crippen MR) is 170 cm³/mol. The molecule has 3 aromatic heterocycles. The lowest BCUT2D eigenvalue weighted by molar-refractivity contribution is -0.139. The van der Waals surface area contributed by atoms with E-state index < -0.39 is 12.0 Å². The zero-order chi connectivity index (χ0) is 31.0. The third kappa shape index (κ3) is 5.17. The van der Waals surface area contributed by atoms with Crippen molar-refractivity contribution in [1.29, 1.82) is 5.26 Å². The Bertz CT molecular complexity index is 2000. The van der Waals surface area contributed by atoms with E-state index in [1.54, 1.807) is 29.9 Å². The molecule has 1 aliphatic rings. The molecule has 5 rings (SSSR count). The minimum absolute atomic E-state index is 0.206. The number of aryl methyl sites for hydroxylation is 2. The van der Waals surface area contributed by atoms with Crippen LogP contribution in [0.5, 0.6) is 5.75 Å². The topological polar surface area (TPSA) is 98.6 Å². The summed E-state index contributed by atoms with van der Waals surface area (Å²) in [6.45, 7) is 12.0. The van der Waals surface area contributed by atoms with Gasteiger partial charge in [0.05, 0.1) is 35.1 Å². The van der Waals surface area contributed by atoms with Crippen LogP contribution in [0, 0.1) is 39.0 Å². The van der Waals surface area contributed by atoms with Crippen molar-refractivity contribution in [2.24, 2.45) is 4.99 Å². The number of fused-ring (bicyclic) bond motifs is 1. The number of esters is 1. The number of ether oxygens (including phenoxy) is 2. The minimum atomic E-state index is -0.752. The van der Waals surface area contributed by atoms with E-state index in [-0.39, 0.29) is 12.2 Å². The van der Waals surface area contributed by atoms with Crippen LogP contribution in [-0.4, -0.2) is 28.8 Å². The lowest BCUT2D eigenvalue weighted by atomic mass is 9.93. The second-order valence-corrected chi connectivity index (χ2v) is 12.6. The molecule has 0 radical (unpaired) electrons. The number of carbonyl (C=O) groups excluding carboxylic acids is 1. The standard InChI is InChI=1S/C33H34N4O4S2/c1-8-12-25-28(32(39)41-9-2)29(23-13-10-11-14-26(23)40-7)37-30(38)27(43-33(37)35-25)16-22-15-18(3)36(20(22)5)31-24(17-34)19(4)21(6)42-31/h10-11,13-16,29H,8-9,12H2,1-7H3/b27-16+/t29-/m0/s1. The molecule has 0 fully saturated rings. The first-order valence-electron chi connectivity index (χ1n) is 14.2. The predicted octanol–water partition coefficient (Wildman–Crippen LogP) is 5.54. The Balaban J connectivity index is 1.76. The zero-order valence-electron chi connectivity index (χ0n) is 25.4. The van der Waals surface area contributed by atoms with Crippen LogP contribution in [0.25, 0.3) is 11.1 Å². The first kappa shape index (κ1) is 30.3. The number of carbonyl (C=O) groups is 1. The lowest BCUT2D eigenvalue weighted by Gasteiger charge is -2.26. The summed E-state index contributed by atoms with van der Waals surface area (Å²) in [7, 11) is 1.58. The van der Waals surface area contributed by atoms with E-state index in [9.17, 15) is 14.9 Å². The average Bonchev–Trinajstić information content (AvgIpc) is 3.56. The van der Waals surface area contributed by atoms with E-state index in [1.165, 1.54) is 11.3 Å². The van der Waals surface area contributed by atoms with Gasteiger partial charge in [-0.2, -0.15) is 5.26 Å². The highest BCUT2D eigenvalue weighted by molar-refractivity contribution is 7.15. The molecule has 0 bridgehead atoms. The molecule has 0 amide bonds. The number of hydrogen-bond acceptors (Lipinski definition) is 8. The Morgan fingerprint density at radius 2 is 1.91 bits per heavy atom. The first-order valence-corrected chi connectivity index (χ1v) is 15.8. The number of methoxy groups -OCH3 is 1. The first-order chi connectivity index (χ1) is 20.7. The van der Waals surface area contributed by atoms with Gasteiger partial charge in [-0.05, 0) is 70.4 Å². The number of allylic oxidation sites excluding steroid dienone is 1. The molecular formula is C33H34N4O4S2. The van der Waals surface area contributed by atoms with Crippen LogP contribution in [-0.2, 0) is 9.53 Å². The third-order valence-corrected chi connectivity index (χ3v) is 9.94. The lowest BCUT2D eigenvalue weighted by Crippen LogP contribution is -2.40. The second-order valence-electron chi connectivity index (χ2n) is 10.4. The maximum atomic E-state index is 14.2. The fourth-order valence-electron chi connectivity index (χ4n) is 5.59. The zero-order valence-corrected chi connectivity index (χ0v) is 27.0. The van der Waals surface area contributed by atoms with Gasteiger partial charge in [0.1, 0.15) is 22.9 Å². The molecule has 0 saturated heterocycles. The number of thiazole rings is 1. The van der Waals surface area contributed by atoms with E-state index in [2.05, 4.69) is 10.6 Å². The van der Waals surface area contributed by atoms with Gasteiger partial charge in [-0.15, -0.1) is 11.3 Å². The highest BCUT2D eigenvalue weighted by Crippen LogP contribution is 2.37. The molecule has 1 atom stereocenters. The molecule has 222 valence electrons. The van der Waals surface area contributed by atoms with E-state index in [0.717, 1.165) is 38.8 Å². The van der Waals surface area contributed by atoms with Crippen LogP contribution < -0.4 is 19.6 Å². The van der Waals surface area contributed by atoms with E-state index in [4.69, 9.17) is 14.5 Å². The average molecular weight is 615 g/mol. The molecule has 43 heavy (non-hydrogen) atoms. The molecule has 0 saturated carbocycles. The number of para-hydroxylation sites is 1. The van der Waals surface area contributed by atoms with Crippen LogP contribution in [0.15, 0.2) is 51.4 Å². The van der Waals surface area contributed by atoms with Crippen LogP contribution in [0.1, 0.15) is 71.2 Å². The molecule has 4 aromatic rings. The van der Waals surface area contributed by atoms with E-state index in [1.807, 2.05) is 71.0 Å². The maximum Gasteiger partial charge on any atom is 0.338 e. The van der Waals surface area contributed by atoms with E-state index in [0.29, 0.717) is 43.9 Å². The second kappa shape index (κ2) is 12.2. The molecular weight excluding hydrogens is 581 g/mol. The number of benzene rings is 1. The van der Waals surface area contributed by atoms with Gasteiger partial charge < -0.3 is 14.0 Å². The molecule has 0 spiro atoms. The van der Waals surface area contributed by atoms with Crippen LogP contribution in [0.4, 0.5) is 0 Å². The fraction of sp³-hybridized carbons (Fsp3) is 0.333. The molecule has 4 heterocycles. The maximum absolute atomic E-state index is 14.2. The molecule has 0 aliphatic carbocycles. The number of hydrogen-bond donors (Lipinski definition) is 0. The molecule has 1 aliphatic heterocycles. The Hall–Kier alpha value is -4.20. The van der Waals surface area contributed by atoms with Crippen molar-refractivity contribution in [1.82, 2.24) is 9.13 Å². The largest absolute Gasteiger partial charge is 0.496 e. The quantitative estimate of drug-likeness (QED) is 0.243. The Morgan fingerprint density at radius 1 is 1.16 bits per heavy atom. The van der Waals surface area contributed by atoms with Crippen molar-refractivity contribution in [3.05, 3.63) is 99.8 Å². The Labute approximate surface area is 258 Å². The number of nitrogens with zero attached hydrogens (tertiary/aromatic N) is 4. The van der Waals surface area contributed by atoms with Gasteiger partial charge in [-0.3, -0.25) is 9.36 Å². The number of aromatic nitrogens is 2. The van der Waals surface area contributed by atoms with Gasteiger partial charge in [0, 0.05) is 21.8 Å². The van der Waals surface area contributed by atoms with Gasteiger partial charge in [0.15, 0.2) is 4.80 Å². The summed E-state index contributed by atoms with van der Waals surface area (Å²) in [6, 6.07) is 11.1. The van der Waals surface area contributed by atoms with Crippen LogP contribution in [0.2, 0.25) is 0 Å². The van der Waals surface area contributed by atoms with Gasteiger partial charge >= 0.3 is 5.97 Å². The van der Waals surface area contributed by atoms with Gasteiger partial charge in [-0.25, -0.2) is 9.79 Å². The summed E-state index contributed by atoms with van der Waals surface area (Å²) in [6.07, 6.45) is 3.22. The summed E-state index contributed by atoms with van der Waals surface area (Å²) in [5.74, 6) is 0.0817. The van der Waals surface area contributed by atoms with Gasteiger partial charge in [0.2, 0.25) is 0 Å². The number of rotatable bonds is 8. The summed E-state index contributed by atoms with van der Waals surface area (Å²) < 4.78 is 15.4. The van der Waals surface area contributed by atoms with Crippen molar-refractivity contribution < 1.29 is 14.3 Å². The Kier molecular flexibility index (Phi) is 8.58. The van der Waals surface area contributed by atoms with Crippen LogP contribution in [0.3, 0.4) is 0 Å². The van der Waals surface area contributed by atoms with Gasteiger partial charge in [0.25, 0.3) is 5.56 Å². The van der Waals surface area contributed by atoms with Crippen LogP contribution >= 0.6 is 22.7 Å². The number of thiophene rings is 1. The minimum Gasteiger partial charge on any atom is -0.496 e. The molecule has 10 heteroatoms. The monoisotopic (exact) mass is 614 g/mol. The summed E-state index contributed by atoms with van der Waals surface area (Å²) in [5.41, 5.74) is 5.86. The smallest absolute Gasteiger partial charge is 0.338 e. The normalized spacial score (nSPS) is 14.8. The van der Waals surface area contributed by atoms with Crippen molar-refractivity contribution in [2.45, 2.75) is 60.4 Å². The van der Waals surface area contributed by atoms with E-state index >= 15 is 0 Å². The fourth-order valence-corrected chi connectivity index (χ4v) is 7.82. The summed E-state index contributed by atoms with van der Waals surface area (Å²) in [5, 5.41) is 10.8. The summed E-state index contributed by atoms with van der Waals surface area (Å²) in [4.78, 5) is 34.2. The third-order valence-electron chi connectivity index (χ3n) is 7.76.